The van der Waals surface area contributed by atoms with Gasteiger partial charge in [-0.05, 0) is 53.1 Å². The van der Waals surface area contributed by atoms with Gasteiger partial charge >= 0.3 is 0 Å². The maximum atomic E-state index is 8.96. The highest BCUT2D eigenvalue weighted by Gasteiger charge is 2.05. The lowest BCUT2D eigenvalue weighted by Gasteiger charge is -2.12. The van der Waals surface area contributed by atoms with E-state index in [1.165, 1.54) is 59.6 Å². The normalized spacial score (nSPS) is 11.1. The SMILES string of the molecule is OCCNCc1ccc(CCCCCCc2ccccc2)c2ccccc12. The minimum Gasteiger partial charge on any atom is -0.395 e. The summed E-state index contributed by atoms with van der Waals surface area (Å²) in [5.41, 5.74) is 4.22. The number of aryl methyl sites for hydroxylation is 2. The predicted octanol–water partition coefficient (Wildman–Crippen LogP) is 5.27. The highest BCUT2D eigenvalue weighted by Crippen LogP contribution is 2.24. The van der Waals surface area contributed by atoms with Crippen molar-refractivity contribution >= 4 is 10.8 Å². The topological polar surface area (TPSA) is 32.3 Å². The van der Waals surface area contributed by atoms with Crippen molar-refractivity contribution < 1.29 is 5.11 Å². The van der Waals surface area contributed by atoms with Crippen LogP contribution in [0, 0.1) is 0 Å². The van der Waals surface area contributed by atoms with E-state index in [-0.39, 0.29) is 6.61 Å². The van der Waals surface area contributed by atoms with Crippen LogP contribution in [-0.4, -0.2) is 18.3 Å². The second kappa shape index (κ2) is 10.9. The summed E-state index contributed by atoms with van der Waals surface area (Å²) in [6, 6.07) is 24.0. The van der Waals surface area contributed by atoms with Gasteiger partial charge in [0.15, 0.2) is 0 Å². The van der Waals surface area contributed by atoms with Crippen LogP contribution < -0.4 is 5.32 Å². The molecule has 2 nitrogen and oxygen atoms in total. The summed E-state index contributed by atoms with van der Waals surface area (Å²) in [5.74, 6) is 0. The fourth-order valence-corrected chi connectivity index (χ4v) is 3.74. The Balaban J connectivity index is 1.50. The van der Waals surface area contributed by atoms with Gasteiger partial charge < -0.3 is 10.4 Å². The number of aliphatic hydroxyl groups is 1. The van der Waals surface area contributed by atoms with Crippen LogP contribution in [-0.2, 0) is 19.4 Å². The molecule has 142 valence electrons. The van der Waals surface area contributed by atoms with Crippen molar-refractivity contribution in [3.8, 4) is 0 Å². The van der Waals surface area contributed by atoms with Gasteiger partial charge in [0, 0.05) is 13.1 Å². The second-order valence-electron chi connectivity index (χ2n) is 7.23. The Labute approximate surface area is 163 Å². The Morgan fingerprint density at radius 2 is 1.26 bits per heavy atom. The van der Waals surface area contributed by atoms with Gasteiger partial charge in [0.25, 0.3) is 0 Å². The van der Waals surface area contributed by atoms with E-state index >= 15 is 0 Å². The van der Waals surface area contributed by atoms with Crippen molar-refractivity contribution in [1.29, 1.82) is 0 Å². The smallest absolute Gasteiger partial charge is 0.0556 e. The molecule has 0 heterocycles. The first-order chi connectivity index (χ1) is 13.4. The first-order valence-electron chi connectivity index (χ1n) is 10.2. The highest BCUT2D eigenvalue weighted by atomic mass is 16.3. The molecule has 0 saturated heterocycles. The zero-order valence-corrected chi connectivity index (χ0v) is 16.2. The molecule has 3 aromatic carbocycles. The molecule has 0 fully saturated rings. The minimum atomic E-state index is 0.181. The number of hydrogen-bond donors (Lipinski definition) is 2. The van der Waals surface area contributed by atoms with Crippen LogP contribution in [0.5, 0.6) is 0 Å². The Hall–Kier alpha value is -2.16. The molecule has 0 unspecified atom stereocenters. The van der Waals surface area contributed by atoms with Crippen molar-refractivity contribution in [1.82, 2.24) is 5.32 Å². The summed E-state index contributed by atoms with van der Waals surface area (Å²) in [6.07, 6.45) is 7.47. The molecule has 2 N–H and O–H groups in total. The molecule has 0 saturated carbocycles. The molecule has 0 aliphatic carbocycles. The Bertz CT molecular complexity index is 813. The van der Waals surface area contributed by atoms with E-state index in [4.69, 9.17) is 5.11 Å². The van der Waals surface area contributed by atoms with Gasteiger partial charge in [-0.3, -0.25) is 0 Å². The molecule has 0 atom stereocenters. The largest absolute Gasteiger partial charge is 0.395 e. The van der Waals surface area contributed by atoms with Crippen LogP contribution in [0.15, 0.2) is 66.7 Å². The molecule has 3 aromatic rings. The molecule has 0 aliphatic heterocycles. The minimum absolute atomic E-state index is 0.181. The van der Waals surface area contributed by atoms with E-state index in [1.807, 2.05) is 0 Å². The highest BCUT2D eigenvalue weighted by molar-refractivity contribution is 5.88. The summed E-state index contributed by atoms with van der Waals surface area (Å²) in [5, 5.41) is 15.0. The van der Waals surface area contributed by atoms with Crippen LogP contribution in [0.4, 0.5) is 0 Å². The van der Waals surface area contributed by atoms with Crippen LogP contribution >= 0.6 is 0 Å². The monoisotopic (exact) mass is 361 g/mol. The quantitative estimate of drug-likeness (QED) is 0.456. The average Bonchev–Trinajstić information content (AvgIpc) is 2.72. The Morgan fingerprint density at radius 3 is 2.00 bits per heavy atom. The Kier molecular flexibility index (Phi) is 7.88. The van der Waals surface area contributed by atoms with Gasteiger partial charge in [-0.25, -0.2) is 0 Å². The zero-order chi connectivity index (χ0) is 18.7. The molecular formula is C25H31NO. The summed E-state index contributed by atoms with van der Waals surface area (Å²) >= 11 is 0. The summed E-state index contributed by atoms with van der Waals surface area (Å²) in [7, 11) is 0. The van der Waals surface area contributed by atoms with Crippen molar-refractivity contribution in [2.45, 2.75) is 45.1 Å². The second-order valence-corrected chi connectivity index (χ2v) is 7.23. The maximum Gasteiger partial charge on any atom is 0.0556 e. The third-order valence-corrected chi connectivity index (χ3v) is 5.21. The first-order valence-corrected chi connectivity index (χ1v) is 10.2. The number of benzene rings is 3. The van der Waals surface area contributed by atoms with Gasteiger partial charge in [0.05, 0.1) is 6.61 Å². The van der Waals surface area contributed by atoms with Crippen molar-refractivity contribution in [3.05, 3.63) is 83.4 Å². The number of fused-ring (bicyclic) bond motifs is 1. The molecule has 3 rings (SSSR count). The molecule has 2 heteroatoms. The van der Waals surface area contributed by atoms with Crippen molar-refractivity contribution in [2.24, 2.45) is 0 Å². The molecule has 0 amide bonds. The zero-order valence-electron chi connectivity index (χ0n) is 16.2. The standard InChI is InChI=1S/C25H31NO/c27-19-18-26-20-23-17-16-22(24-14-8-9-15-25(23)24)13-7-2-1-4-10-21-11-5-3-6-12-21/h3,5-6,8-9,11-12,14-17,26-27H,1-2,4,7,10,13,18-20H2. The molecule has 0 radical (unpaired) electrons. The molecule has 0 bridgehead atoms. The van der Waals surface area contributed by atoms with Crippen LogP contribution in [0.25, 0.3) is 10.8 Å². The lowest BCUT2D eigenvalue weighted by Crippen LogP contribution is -2.17. The lowest BCUT2D eigenvalue weighted by atomic mass is 9.95. The molecule has 0 spiro atoms. The number of nitrogens with one attached hydrogen (secondary N) is 1. The van der Waals surface area contributed by atoms with Crippen molar-refractivity contribution in [3.63, 3.8) is 0 Å². The van der Waals surface area contributed by atoms with Crippen molar-refractivity contribution in [2.75, 3.05) is 13.2 Å². The number of rotatable bonds is 11. The summed E-state index contributed by atoms with van der Waals surface area (Å²) in [6.45, 7) is 1.63. The number of unbranched alkanes of at least 4 members (excludes halogenated alkanes) is 3. The fourth-order valence-electron chi connectivity index (χ4n) is 3.74. The van der Waals surface area contributed by atoms with E-state index in [0.29, 0.717) is 6.54 Å². The number of hydrogen-bond acceptors (Lipinski definition) is 2. The maximum absolute atomic E-state index is 8.96. The predicted molar refractivity (Wildman–Crippen MR) is 115 cm³/mol. The van der Waals surface area contributed by atoms with E-state index in [9.17, 15) is 0 Å². The van der Waals surface area contributed by atoms with Gasteiger partial charge in [-0.15, -0.1) is 0 Å². The average molecular weight is 362 g/mol. The van der Waals surface area contributed by atoms with Crippen LogP contribution in [0.1, 0.15) is 42.4 Å². The summed E-state index contributed by atoms with van der Waals surface area (Å²) < 4.78 is 0. The molecule has 0 aliphatic rings. The third kappa shape index (κ3) is 5.92. The van der Waals surface area contributed by atoms with Gasteiger partial charge in [0.1, 0.15) is 0 Å². The Morgan fingerprint density at radius 1 is 0.630 bits per heavy atom. The van der Waals surface area contributed by atoms with E-state index in [0.717, 1.165) is 13.0 Å². The van der Waals surface area contributed by atoms with E-state index in [2.05, 4.69) is 72.0 Å². The number of aliphatic hydroxyl groups excluding tert-OH is 1. The van der Waals surface area contributed by atoms with E-state index < -0.39 is 0 Å². The molecule has 0 aromatic heterocycles. The van der Waals surface area contributed by atoms with Gasteiger partial charge in [0.2, 0.25) is 0 Å². The molecule has 27 heavy (non-hydrogen) atoms. The van der Waals surface area contributed by atoms with Crippen LogP contribution in [0.3, 0.4) is 0 Å². The lowest BCUT2D eigenvalue weighted by molar-refractivity contribution is 0.292. The van der Waals surface area contributed by atoms with E-state index in [1.54, 1.807) is 0 Å². The first kappa shape index (κ1) is 19.6. The van der Waals surface area contributed by atoms with Gasteiger partial charge in [-0.1, -0.05) is 79.6 Å². The third-order valence-electron chi connectivity index (χ3n) is 5.21. The fraction of sp³-hybridized carbons (Fsp3) is 0.360. The van der Waals surface area contributed by atoms with Crippen LogP contribution in [0.2, 0.25) is 0 Å². The van der Waals surface area contributed by atoms with Gasteiger partial charge in [-0.2, -0.15) is 0 Å². The molecular weight excluding hydrogens is 330 g/mol. The summed E-state index contributed by atoms with van der Waals surface area (Å²) in [4.78, 5) is 0.